The number of rotatable bonds is 8. The molecule has 0 aliphatic rings. The molecule has 10 heteroatoms. The summed E-state index contributed by atoms with van der Waals surface area (Å²) in [5.74, 6) is -0.481. The predicted molar refractivity (Wildman–Crippen MR) is 150 cm³/mol. The van der Waals surface area contributed by atoms with Crippen LogP contribution in [-0.2, 0) is 20.0 Å². The van der Waals surface area contributed by atoms with Crippen LogP contribution in [0.1, 0.15) is 27.0 Å². The zero-order valence-electron chi connectivity index (χ0n) is 21.0. The van der Waals surface area contributed by atoms with Crippen molar-refractivity contribution in [2.75, 3.05) is 14.8 Å². The zero-order chi connectivity index (χ0) is 27.5. The average molecular weight is 550 g/mol. The molecule has 3 N–H and O–H groups in total. The van der Waals surface area contributed by atoms with Gasteiger partial charge in [0.1, 0.15) is 0 Å². The Morgan fingerprint density at radius 1 is 0.605 bits per heavy atom. The van der Waals surface area contributed by atoms with E-state index in [1.165, 1.54) is 42.5 Å². The number of benzene rings is 4. The monoisotopic (exact) mass is 549 g/mol. The lowest BCUT2D eigenvalue weighted by atomic mass is 10.1. The topological polar surface area (TPSA) is 121 Å². The molecule has 0 atom stereocenters. The number of carbonyl (C=O) groups is 1. The lowest BCUT2D eigenvalue weighted by Gasteiger charge is -2.12. The van der Waals surface area contributed by atoms with E-state index >= 15 is 0 Å². The summed E-state index contributed by atoms with van der Waals surface area (Å²) in [6, 6.07) is 23.8. The number of hydrogen-bond acceptors (Lipinski definition) is 5. The SMILES string of the molecule is Cc1ccc(S(=O)(=O)Nc2cccc(C(=O)Nc3ccc(S(=O)(=O)Nc4cc(C)ccc4C)cc3)c2)cc1. The zero-order valence-corrected chi connectivity index (χ0v) is 22.7. The van der Waals surface area contributed by atoms with Gasteiger partial charge >= 0.3 is 0 Å². The van der Waals surface area contributed by atoms with Crippen molar-refractivity contribution >= 4 is 43.0 Å². The minimum atomic E-state index is -3.83. The molecule has 0 bridgehead atoms. The maximum absolute atomic E-state index is 12.8. The highest BCUT2D eigenvalue weighted by molar-refractivity contribution is 7.93. The van der Waals surface area contributed by atoms with Crippen molar-refractivity contribution in [3.05, 3.63) is 113 Å². The van der Waals surface area contributed by atoms with Gasteiger partial charge in [0.2, 0.25) is 0 Å². The van der Waals surface area contributed by atoms with Crippen molar-refractivity contribution in [2.45, 2.75) is 30.6 Å². The first-order valence-electron chi connectivity index (χ1n) is 11.6. The van der Waals surface area contributed by atoms with Crippen molar-refractivity contribution in [3.8, 4) is 0 Å². The van der Waals surface area contributed by atoms with E-state index in [1.54, 1.807) is 36.4 Å². The van der Waals surface area contributed by atoms with Crippen LogP contribution in [0.4, 0.5) is 17.1 Å². The number of sulfonamides is 2. The average Bonchev–Trinajstić information content (AvgIpc) is 2.86. The van der Waals surface area contributed by atoms with Crippen LogP contribution in [0.15, 0.2) is 101 Å². The highest BCUT2D eigenvalue weighted by Gasteiger charge is 2.17. The quantitative estimate of drug-likeness (QED) is 0.269. The van der Waals surface area contributed by atoms with Gasteiger partial charge in [0.05, 0.1) is 15.5 Å². The van der Waals surface area contributed by atoms with Crippen molar-refractivity contribution in [2.24, 2.45) is 0 Å². The number of aryl methyl sites for hydroxylation is 3. The van der Waals surface area contributed by atoms with Crippen molar-refractivity contribution in [1.82, 2.24) is 0 Å². The normalized spacial score (nSPS) is 11.6. The van der Waals surface area contributed by atoms with E-state index in [1.807, 2.05) is 32.9 Å². The summed E-state index contributed by atoms with van der Waals surface area (Å²) in [5, 5.41) is 2.70. The molecule has 196 valence electrons. The van der Waals surface area contributed by atoms with Gasteiger partial charge in [0, 0.05) is 16.9 Å². The van der Waals surface area contributed by atoms with E-state index in [4.69, 9.17) is 0 Å². The Labute approximate surface area is 222 Å². The third kappa shape index (κ3) is 6.39. The molecule has 38 heavy (non-hydrogen) atoms. The summed E-state index contributed by atoms with van der Waals surface area (Å²) in [6.45, 7) is 5.56. The van der Waals surface area contributed by atoms with Gasteiger partial charge in [-0.25, -0.2) is 16.8 Å². The molecule has 1 amide bonds. The fraction of sp³-hybridized carbons (Fsp3) is 0.107. The summed E-state index contributed by atoms with van der Waals surface area (Å²) < 4.78 is 56.1. The van der Waals surface area contributed by atoms with Crippen LogP contribution in [0.25, 0.3) is 0 Å². The molecule has 0 heterocycles. The Bertz CT molecular complexity index is 1700. The van der Waals surface area contributed by atoms with Gasteiger partial charge in [-0.2, -0.15) is 0 Å². The largest absolute Gasteiger partial charge is 0.322 e. The lowest BCUT2D eigenvalue weighted by molar-refractivity contribution is 0.102. The van der Waals surface area contributed by atoms with Crippen LogP contribution < -0.4 is 14.8 Å². The molecule has 0 saturated heterocycles. The van der Waals surface area contributed by atoms with Crippen LogP contribution in [0.3, 0.4) is 0 Å². The number of nitrogens with one attached hydrogen (secondary N) is 3. The molecular formula is C28H27N3O5S2. The number of amides is 1. The number of hydrogen-bond donors (Lipinski definition) is 3. The smallest absolute Gasteiger partial charge is 0.261 e. The van der Waals surface area contributed by atoms with Crippen molar-refractivity contribution in [3.63, 3.8) is 0 Å². The Hall–Kier alpha value is -4.15. The first-order chi connectivity index (χ1) is 17.9. The van der Waals surface area contributed by atoms with E-state index < -0.39 is 26.0 Å². The standard InChI is InChI=1S/C28H27N3O5S2/c1-19-8-13-25(14-9-19)37(33,34)30-24-6-4-5-22(18-24)28(32)29-23-11-15-26(16-12-23)38(35,36)31-27-17-20(2)7-10-21(27)3/h4-18,30-31H,1-3H3,(H,29,32). The van der Waals surface area contributed by atoms with E-state index in [-0.39, 0.29) is 21.0 Å². The second-order valence-electron chi connectivity index (χ2n) is 8.90. The molecular weight excluding hydrogens is 522 g/mol. The molecule has 0 saturated carbocycles. The summed E-state index contributed by atoms with van der Waals surface area (Å²) in [4.78, 5) is 13.0. The summed E-state index contributed by atoms with van der Waals surface area (Å²) in [5.41, 5.74) is 4.00. The Balaban J connectivity index is 1.45. The molecule has 4 aromatic carbocycles. The van der Waals surface area contributed by atoms with Gasteiger partial charge in [-0.3, -0.25) is 14.2 Å². The molecule has 0 radical (unpaired) electrons. The third-order valence-electron chi connectivity index (χ3n) is 5.77. The molecule has 4 rings (SSSR count). The molecule has 4 aromatic rings. The fourth-order valence-corrected chi connectivity index (χ4v) is 5.80. The van der Waals surface area contributed by atoms with E-state index in [2.05, 4.69) is 14.8 Å². The van der Waals surface area contributed by atoms with Crippen LogP contribution in [0.5, 0.6) is 0 Å². The van der Waals surface area contributed by atoms with Crippen molar-refractivity contribution in [1.29, 1.82) is 0 Å². The van der Waals surface area contributed by atoms with E-state index in [0.717, 1.165) is 16.7 Å². The Morgan fingerprint density at radius 2 is 1.18 bits per heavy atom. The van der Waals surface area contributed by atoms with Crippen LogP contribution in [0, 0.1) is 20.8 Å². The van der Waals surface area contributed by atoms with E-state index in [0.29, 0.717) is 11.4 Å². The first kappa shape index (κ1) is 26.9. The summed E-state index contributed by atoms with van der Waals surface area (Å²) >= 11 is 0. The van der Waals surface area contributed by atoms with Crippen LogP contribution in [-0.4, -0.2) is 22.7 Å². The fourth-order valence-electron chi connectivity index (χ4n) is 3.63. The van der Waals surface area contributed by atoms with Gasteiger partial charge in [0.15, 0.2) is 0 Å². The van der Waals surface area contributed by atoms with Crippen molar-refractivity contribution < 1.29 is 21.6 Å². The molecule has 8 nitrogen and oxygen atoms in total. The molecule has 0 unspecified atom stereocenters. The van der Waals surface area contributed by atoms with Gasteiger partial charge in [-0.15, -0.1) is 0 Å². The molecule has 0 aromatic heterocycles. The predicted octanol–water partition coefficient (Wildman–Crippen LogP) is 5.47. The molecule has 0 spiro atoms. The first-order valence-corrected chi connectivity index (χ1v) is 14.6. The minimum Gasteiger partial charge on any atom is -0.322 e. The van der Waals surface area contributed by atoms with Crippen LogP contribution in [0.2, 0.25) is 0 Å². The maximum atomic E-state index is 12.8. The number of anilines is 3. The highest BCUT2D eigenvalue weighted by atomic mass is 32.2. The molecule has 0 fully saturated rings. The molecule has 0 aliphatic carbocycles. The third-order valence-corrected chi connectivity index (χ3v) is 8.55. The minimum absolute atomic E-state index is 0.0453. The lowest BCUT2D eigenvalue weighted by Crippen LogP contribution is -2.16. The highest BCUT2D eigenvalue weighted by Crippen LogP contribution is 2.23. The second kappa shape index (κ2) is 10.7. The number of carbonyl (C=O) groups excluding carboxylic acids is 1. The summed E-state index contributed by atoms with van der Waals surface area (Å²) in [6.07, 6.45) is 0. The van der Waals surface area contributed by atoms with Gasteiger partial charge in [-0.1, -0.05) is 35.9 Å². The maximum Gasteiger partial charge on any atom is 0.261 e. The van der Waals surface area contributed by atoms with Gasteiger partial charge in [0.25, 0.3) is 26.0 Å². The van der Waals surface area contributed by atoms with Crippen LogP contribution >= 0.6 is 0 Å². The Kier molecular flexibility index (Phi) is 7.56. The second-order valence-corrected chi connectivity index (χ2v) is 12.3. The van der Waals surface area contributed by atoms with E-state index in [9.17, 15) is 21.6 Å². The summed E-state index contributed by atoms with van der Waals surface area (Å²) in [7, 11) is -7.65. The Morgan fingerprint density at radius 3 is 1.84 bits per heavy atom. The van der Waals surface area contributed by atoms with Gasteiger partial charge in [-0.05, 0) is 92.6 Å². The molecule has 0 aliphatic heterocycles. The van der Waals surface area contributed by atoms with Gasteiger partial charge < -0.3 is 5.32 Å².